The maximum Gasteiger partial charge on any atom is 0.127 e. The van der Waals surface area contributed by atoms with Crippen LogP contribution in [0, 0.1) is 11.7 Å². The first kappa shape index (κ1) is 13.1. The highest BCUT2D eigenvalue weighted by molar-refractivity contribution is 5.20. The Morgan fingerprint density at radius 3 is 2.38 bits per heavy atom. The van der Waals surface area contributed by atoms with E-state index >= 15 is 0 Å². The van der Waals surface area contributed by atoms with E-state index in [0.717, 1.165) is 0 Å². The summed E-state index contributed by atoms with van der Waals surface area (Å²) in [6, 6.07) is 6.62. The second kappa shape index (κ2) is 5.97. The molecule has 2 atom stereocenters. The first-order valence-electron chi connectivity index (χ1n) is 5.67. The smallest absolute Gasteiger partial charge is 0.127 e. The summed E-state index contributed by atoms with van der Waals surface area (Å²) in [5.74, 6) is 0.113. The average molecular weight is 225 g/mol. The number of rotatable bonds is 5. The van der Waals surface area contributed by atoms with E-state index in [0.29, 0.717) is 11.5 Å². The number of benzene rings is 1. The van der Waals surface area contributed by atoms with Gasteiger partial charge in [0, 0.05) is 17.6 Å². The minimum absolute atomic E-state index is 0.00499. The molecule has 0 spiro atoms. The van der Waals surface area contributed by atoms with Crippen molar-refractivity contribution in [3.63, 3.8) is 0 Å². The van der Waals surface area contributed by atoms with Crippen LogP contribution >= 0.6 is 0 Å². The second-order valence-electron chi connectivity index (χ2n) is 4.44. The van der Waals surface area contributed by atoms with E-state index in [1.807, 2.05) is 26.8 Å². The highest BCUT2D eigenvalue weighted by atomic mass is 19.1. The van der Waals surface area contributed by atoms with Crippen molar-refractivity contribution in [2.75, 3.05) is 6.61 Å². The minimum atomic E-state index is -0.206. The summed E-state index contributed by atoms with van der Waals surface area (Å²) in [5, 5.41) is 12.4. The number of aliphatic hydroxyl groups is 1. The molecular formula is C13H20FNO. The zero-order chi connectivity index (χ0) is 12.1. The number of halogens is 1. The van der Waals surface area contributed by atoms with Crippen molar-refractivity contribution in [1.29, 1.82) is 0 Å². The molecule has 0 aromatic heterocycles. The highest BCUT2D eigenvalue weighted by Crippen LogP contribution is 2.17. The Hall–Kier alpha value is -0.930. The fourth-order valence-electron chi connectivity index (χ4n) is 1.69. The summed E-state index contributed by atoms with van der Waals surface area (Å²) >= 11 is 0. The Balaban J connectivity index is 2.72. The Morgan fingerprint density at radius 2 is 1.88 bits per heavy atom. The standard InChI is InChI=1S/C13H20FNO/c1-9(2)13(8-16)15-10(3)11-6-4-5-7-12(11)14/h4-7,9-10,13,15-16H,8H2,1-3H3/t10-,13-/m1/s1. The molecule has 0 aliphatic carbocycles. The SMILES string of the molecule is CC(C)[C@@H](CO)N[C@H](C)c1ccccc1F. The van der Waals surface area contributed by atoms with Gasteiger partial charge in [-0.15, -0.1) is 0 Å². The maximum atomic E-state index is 13.5. The molecule has 0 aliphatic rings. The fraction of sp³-hybridized carbons (Fsp3) is 0.538. The summed E-state index contributed by atoms with van der Waals surface area (Å²) in [6.07, 6.45) is 0. The number of aliphatic hydroxyl groups excluding tert-OH is 1. The van der Waals surface area contributed by atoms with Gasteiger partial charge in [-0.3, -0.25) is 0 Å². The van der Waals surface area contributed by atoms with Gasteiger partial charge in [0.25, 0.3) is 0 Å². The first-order valence-corrected chi connectivity index (χ1v) is 5.67. The third-order valence-electron chi connectivity index (χ3n) is 2.84. The summed E-state index contributed by atoms with van der Waals surface area (Å²) in [6.45, 7) is 6.03. The van der Waals surface area contributed by atoms with Crippen molar-refractivity contribution in [2.45, 2.75) is 32.9 Å². The summed E-state index contributed by atoms with van der Waals surface area (Å²) < 4.78 is 13.5. The van der Waals surface area contributed by atoms with Crippen LogP contribution in [0.4, 0.5) is 4.39 Å². The predicted molar refractivity (Wildman–Crippen MR) is 63.7 cm³/mol. The lowest BCUT2D eigenvalue weighted by atomic mass is 10.0. The molecule has 0 fully saturated rings. The number of hydrogen-bond acceptors (Lipinski definition) is 2. The molecule has 0 bridgehead atoms. The molecule has 2 N–H and O–H groups in total. The average Bonchev–Trinajstić information content (AvgIpc) is 2.25. The molecule has 1 aromatic carbocycles. The van der Waals surface area contributed by atoms with Gasteiger partial charge in [0.2, 0.25) is 0 Å². The van der Waals surface area contributed by atoms with Crippen molar-refractivity contribution >= 4 is 0 Å². The zero-order valence-electron chi connectivity index (χ0n) is 10.1. The van der Waals surface area contributed by atoms with E-state index in [-0.39, 0.29) is 24.5 Å². The molecule has 0 saturated carbocycles. The number of hydrogen-bond donors (Lipinski definition) is 2. The second-order valence-corrected chi connectivity index (χ2v) is 4.44. The van der Waals surface area contributed by atoms with E-state index < -0.39 is 0 Å². The van der Waals surface area contributed by atoms with Crippen LogP contribution in [0.2, 0.25) is 0 Å². The molecule has 0 unspecified atom stereocenters. The molecule has 0 saturated heterocycles. The van der Waals surface area contributed by atoms with Gasteiger partial charge in [0.15, 0.2) is 0 Å². The van der Waals surface area contributed by atoms with Crippen molar-refractivity contribution in [3.05, 3.63) is 35.6 Å². The Labute approximate surface area is 96.5 Å². The third-order valence-corrected chi connectivity index (χ3v) is 2.84. The van der Waals surface area contributed by atoms with Gasteiger partial charge in [-0.2, -0.15) is 0 Å². The van der Waals surface area contributed by atoms with Crippen LogP contribution in [-0.2, 0) is 0 Å². The van der Waals surface area contributed by atoms with Gasteiger partial charge < -0.3 is 10.4 Å². The molecule has 0 amide bonds. The molecule has 1 rings (SSSR count). The van der Waals surface area contributed by atoms with Crippen LogP contribution in [0.25, 0.3) is 0 Å². The molecule has 3 heteroatoms. The zero-order valence-corrected chi connectivity index (χ0v) is 10.1. The van der Waals surface area contributed by atoms with Crippen molar-refractivity contribution in [1.82, 2.24) is 5.32 Å². The van der Waals surface area contributed by atoms with Gasteiger partial charge >= 0.3 is 0 Å². The van der Waals surface area contributed by atoms with Crippen molar-refractivity contribution in [3.8, 4) is 0 Å². The molecular weight excluding hydrogens is 205 g/mol. The Kier molecular flexibility index (Phi) is 4.90. The first-order chi connectivity index (χ1) is 7.56. The molecule has 2 nitrogen and oxygen atoms in total. The molecule has 16 heavy (non-hydrogen) atoms. The maximum absolute atomic E-state index is 13.5. The lowest BCUT2D eigenvalue weighted by molar-refractivity contribution is 0.200. The summed E-state index contributed by atoms with van der Waals surface area (Å²) in [5.41, 5.74) is 0.640. The van der Waals surface area contributed by atoms with Crippen LogP contribution < -0.4 is 5.32 Å². The van der Waals surface area contributed by atoms with Gasteiger partial charge in [0.05, 0.1) is 6.61 Å². The summed E-state index contributed by atoms with van der Waals surface area (Å²) in [4.78, 5) is 0. The van der Waals surface area contributed by atoms with Crippen LogP contribution in [0.3, 0.4) is 0 Å². The molecule has 90 valence electrons. The summed E-state index contributed by atoms with van der Waals surface area (Å²) in [7, 11) is 0. The van der Waals surface area contributed by atoms with E-state index in [2.05, 4.69) is 5.32 Å². The van der Waals surface area contributed by atoms with Crippen molar-refractivity contribution < 1.29 is 9.50 Å². The van der Waals surface area contributed by atoms with E-state index in [1.54, 1.807) is 12.1 Å². The minimum Gasteiger partial charge on any atom is -0.395 e. The lowest BCUT2D eigenvalue weighted by Gasteiger charge is -2.25. The van der Waals surface area contributed by atoms with Crippen LogP contribution in [0.5, 0.6) is 0 Å². The topological polar surface area (TPSA) is 32.3 Å². The monoisotopic (exact) mass is 225 g/mol. The van der Waals surface area contributed by atoms with Gasteiger partial charge in [0.1, 0.15) is 5.82 Å². The van der Waals surface area contributed by atoms with E-state index in [1.165, 1.54) is 6.07 Å². The quantitative estimate of drug-likeness (QED) is 0.807. The molecule has 0 aliphatic heterocycles. The van der Waals surface area contributed by atoms with Crippen molar-refractivity contribution in [2.24, 2.45) is 5.92 Å². The van der Waals surface area contributed by atoms with Gasteiger partial charge in [-0.25, -0.2) is 4.39 Å². The molecule has 1 aromatic rings. The lowest BCUT2D eigenvalue weighted by Crippen LogP contribution is -2.38. The Morgan fingerprint density at radius 1 is 1.25 bits per heavy atom. The number of nitrogens with one attached hydrogen (secondary N) is 1. The van der Waals surface area contributed by atoms with Crippen LogP contribution in [-0.4, -0.2) is 17.8 Å². The van der Waals surface area contributed by atoms with Gasteiger partial charge in [-0.1, -0.05) is 32.0 Å². The largest absolute Gasteiger partial charge is 0.395 e. The normalized spacial score (nSPS) is 15.1. The molecule has 0 radical (unpaired) electrons. The molecule has 0 heterocycles. The van der Waals surface area contributed by atoms with Crippen LogP contribution in [0.15, 0.2) is 24.3 Å². The third kappa shape index (κ3) is 3.29. The highest BCUT2D eigenvalue weighted by Gasteiger charge is 2.17. The fourth-order valence-corrected chi connectivity index (χ4v) is 1.69. The van der Waals surface area contributed by atoms with Gasteiger partial charge in [-0.05, 0) is 18.9 Å². The van der Waals surface area contributed by atoms with E-state index in [4.69, 9.17) is 0 Å². The van der Waals surface area contributed by atoms with E-state index in [9.17, 15) is 9.50 Å². The van der Waals surface area contributed by atoms with Crippen LogP contribution in [0.1, 0.15) is 32.4 Å². The predicted octanol–water partition coefficient (Wildman–Crippen LogP) is 2.49. The Bertz CT molecular complexity index is 327.